The van der Waals surface area contributed by atoms with E-state index in [2.05, 4.69) is 10.3 Å². The Morgan fingerprint density at radius 1 is 1.12 bits per heavy atom. The van der Waals surface area contributed by atoms with Gasteiger partial charge in [0.25, 0.3) is 0 Å². The molecule has 25 heavy (non-hydrogen) atoms. The Morgan fingerprint density at radius 3 is 2.40 bits per heavy atom. The van der Waals surface area contributed by atoms with Gasteiger partial charge in [0, 0.05) is 12.6 Å². The number of amides is 1. The fraction of sp³-hybridized carbons (Fsp3) is 0.316. The summed E-state index contributed by atoms with van der Waals surface area (Å²) >= 11 is 1.01. The Kier molecular flexibility index (Phi) is 6.58. The van der Waals surface area contributed by atoms with Crippen molar-refractivity contribution in [1.82, 2.24) is 10.3 Å². The van der Waals surface area contributed by atoms with E-state index in [0.717, 1.165) is 17.3 Å². The van der Waals surface area contributed by atoms with E-state index in [0.29, 0.717) is 11.4 Å². The standard InChI is InChI=1S/C19H22N2O3S/c1-19(2,3)24-18(23)21-15(13-14-9-5-4-6-10-14)17(22)25-16-11-7-8-12-20-16/h4-12,15H,13H2,1-3H3,(H,21,23)/t15-/m0/s1. The molecule has 2 rings (SSSR count). The van der Waals surface area contributed by atoms with Gasteiger partial charge in [0.15, 0.2) is 0 Å². The third-order valence-electron chi connectivity index (χ3n) is 3.10. The summed E-state index contributed by atoms with van der Waals surface area (Å²) in [6, 6.07) is 14.2. The summed E-state index contributed by atoms with van der Waals surface area (Å²) in [6.45, 7) is 5.34. The zero-order valence-electron chi connectivity index (χ0n) is 14.6. The van der Waals surface area contributed by atoms with Gasteiger partial charge in [-0.15, -0.1) is 0 Å². The summed E-state index contributed by atoms with van der Waals surface area (Å²) in [5, 5.41) is 3.09. The lowest BCUT2D eigenvalue weighted by molar-refractivity contribution is -0.112. The molecule has 2 aromatic rings. The third-order valence-corrected chi connectivity index (χ3v) is 4.04. The Labute approximate surface area is 152 Å². The molecule has 0 spiro atoms. The number of ether oxygens (including phenoxy) is 1. The van der Waals surface area contributed by atoms with Gasteiger partial charge in [-0.25, -0.2) is 9.78 Å². The normalized spacial score (nSPS) is 12.3. The zero-order valence-corrected chi connectivity index (χ0v) is 15.4. The number of benzene rings is 1. The molecular formula is C19H22N2O3S. The number of alkyl carbamates (subject to hydrolysis) is 1. The highest BCUT2D eigenvalue weighted by Crippen LogP contribution is 2.19. The Bertz CT molecular complexity index is 700. The van der Waals surface area contributed by atoms with Crippen LogP contribution in [-0.4, -0.2) is 27.8 Å². The minimum atomic E-state index is -0.704. The average molecular weight is 358 g/mol. The Balaban J connectivity index is 2.10. The molecule has 1 aromatic carbocycles. The smallest absolute Gasteiger partial charge is 0.408 e. The topological polar surface area (TPSA) is 68.3 Å². The van der Waals surface area contributed by atoms with Crippen molar-refractivity contribution < 1.29 is 14.3 Å². The SMILES string of the molecule is CC(C)(C)OC(=O)N[C@@H](Cc1ccccc1)C(=O)Sc1ccccn1. The van der Waals surface area contributed by atoms with Gasteiger partial charge < -0.3 is 10.1 Å². The highest BCUT2D eigenvalue weighted by molar-refractivity contribution is 8.13. The summed E-state index contributed by atoms with van der Waals surface area (Å²) in [4.78, 5) is 28.9. The molecule has 6 heteroatoms. The highest BCUT2D eigenvalue weighted by atomic mass is 32.2. The van der Waals surface area contributed by atoms with Gasteiger partial charge in [0.1, 0.15) is 16.7 Å². The third kappa shape index (κ3) is 6.97. The predicted molar refractivity (Wildman–Crippen MR) is 98.4 cm³/mol. The number of pyridine rings is 1. The van der Waals surface area contributed by atoms with E-state index < -0.39 is 17.7 Å². The molecule has 0 bridgehead atoms. The van der Waals surface area contributed by atoms with Crippen LogP contribution in [0.25, 0.3) is 0 Å². The summed E-state index contributed by atoms with van der Waals surface area (Å²) < 4.78 is 5.28. The van der Waals surface area contributed by atoms with Crippen LogP contribution in [0.15, 0.2) is 59.8 Å². The first-order valence-electron chi connectivity index (χ1n) is 8.00. The van der Waals surface area contributed by atoms with Crippen molar-refractivity contribution in [3.8, 4) is 0 Å². The Hall–Kier alpha value is -2.34. The first kappa shape index (κ1) is 19.0. The molecule has 1 aromatic heterocycles. The van der Waals surface area contributed by atoms with Gasteiger partial charge in [0.2, 0.25) is 5.12 Å². The maximum absolute atomic E-state index is 12.7. The second-order valence-electron chi connectivity index (χ2n) is 6.48. The van der Waals surface area contributed by atoms with Gasteiger partial charge in [-0.3, -0.25) is 4.79 Å². The van der Waals surface area contributed by atoms with E-state index in [9.17, 15) is 9.59 Å². The van der Waals surface area contributed by atoms with Crippen molar-refractivity contribution in [2.45, 2.75) is 43.9 Å². The molecular weight excluding hydrogens is 336 g/mol. The zero-order chi connectivity index (χ0) is 18.3. The molecule has 0 fully saturated rings. The fourth-order valence-electron chi connectivity index (χ4n) is 2.07. The molecule has 0 radical (unpaired) electrons. The fourth-order valence-corrected chi connectivity index (χ4v) is 2.83. The van der Waals surface area contributed by atoms with Crippen molar-refractivity contribution in [1.29, 1.82) is 0 Å². The molecule has 0 aliphatic carbocycles. The van der Waals surface area contributed by atoms with Gasteiger partial charge in [-0.05, 0) is 50.2 Å². The second-order valence-corrected chi connectivity index (χ2v) is 7.50. The number of hydrogen-bond donors (Lipinski definition) is 1. The number of hydrogen-bond acceptors (Lipinski definition) is 5. The number of rotatable bonds is 5. The van der Waals surface area contributed by atoms with Gasteiger partial charge in [0.05, 0.1) is 0 Å². The van der Waals surface area contributed by atoms with Crippen molar-refractivity contribution in [3.05, 3.63) is 60.3 Å². The molecule has 0 unspecified atom stereocenters. The first-order valence-corrected chi connectivity index (χ1v) is 8.81. The van der Waals surface area contributed by atoms with E-state index in [-0.39, 0.29) is 5.12 Å². The number of carbonyl (C=O) groups excluding carboxylic acids is 2. The maximum atomic E-state index is 12.7. The molecule has 0 saturated carbocycles. The quantitative estimate of drug-likeness (QED) is 0.823. The lowest BCUT2D eigenvalue weighted by Gasteiger charge is -2.23. The van der Waals surface area contributed by atoms with E-state index in [4.69, 9.17) is 4.74 Å². The van der Waals surface area contributed by atoms with Crippen LogP contribution in [0.3, 0.4) is 0 Å². The molecule has 0 aliphatic rings. The highest BCUT2D eigenvalue weighted by Gasteiger charge is 2.25. The van der Waals surface area contributed by atoms with Crippen LogP contribution in [0.5, 0.6) is 0 Å². The summed E-state index contributed by atoms with van der Waals surface area (Å²) in [7, 11) is 0. The summed E-state index contributed by atoms with van der Waals surface area (Å²) in [6.07, 6.45) is 1.41. The maximum Gasteiger partial charge on any atom is 0.408 e. The number of thioether (sulfide) groups is 1. The van der Waals surface area contributed by atoms with Crippen LogP contribution in [0.2, 0.25) is 0 Å². The lowest BCUT2D eigenvalue weighted by atomic mass is 10.1. The lowest BCUT2D eigenvalue weighted by Crippen LogP contribution is -2.43. The van der Waals surface area contributed by atoms with E-state index in [1.807, 2.05) is 36.4 Å². The largest absolute Gasteiger partial charge is 0.444 e. The van der Waals surface area contributed by atoms with Crippen molar-refractivity contribution in [2.75, 3.05) is 0 Å². The van der Waals surface area contributed by atoms with Crippen LogP contribution < -0.4 is 5.32 Å². The van der Waals surface area contributed by atoms with Crippen LogP contribution in [0.4, 0.5) is 4.79 Å². The monoisotopic (exact) mass is 358 g/mol. The molecule has 0 saturated heterocycles. The molecule has 1 atom stereocenters. The van der Waals surface area contributed by atoms with Crippen molar-refractivity contribution >= 4 is 23.0 Å². The minimum Gasteiger partial charge on any atom is -0.444 e. The first-order chi connectivity index (χ1) is 11.8. The predicted octanol–water partition coefficient (Wildman–Crippen LogP) is 3.84. The van der Waals surface area contributed by atoms with Gasteiger partial charge in [-0.1, -0.05) is 36.4 Å². The summed E-state index contributed by atoms with van der Waals surface area (Å²) in [5.74, 6) is 0. The van der Waals surface area contributed by atoms with Gasteiger partial charge >= 0.3 is 6.09 Å². The minimum absolute atomic E-state index is 0.187. The van der Waals surface area contributed by atoms with Crippen LogP contribution in [0, 0.1) is 0 Å². The van der Waals surface area contributed by atoms with Crippen molar-refractivity contribution in [3.63, 3.8) is 0 Å². The van der Waals surface area contributed by atoms with Crippen LogP contribution in [0.1, 0.15) is 26.3 Å². The average Bonchev–Trinajstić information content (AvgIpc) is 2.54. The van der Waals surface area contributed by atoms with Crippen molar-refractivity contribution in [2.24, 2.45) is 0 Å². The second kappa shape index (κ2) is 8.67. The molecule has 5 nitrogen and oxygen atoms in total. The number of nitrogens with one attached hydrogen (secondary N) is 1. The van der Waals surface area contributed by atoms with E-state index in [1.165, 1.54) is 0 Å². The summed E-state index contributed by atoms with van der Waals surface area (Å²) in [5.41, 5.74) is 0.331. The number of aromatic nitrogens is 1. The molecule has 1 amide bonds. The molecule has 0 aliphatic heterocycles. The molecule has 132 valence electrons. The number of nitrogens with zero attached hydrogens (tertiary/aromatic N) is 1. The number of carbonyl (C=O) groups is 2. The van der Waals surface area contributed by atoms with Crippen LogP contribution >= 0.6 is 11.8 Å². The van der Waals surface area contributed by atoms with Gasteiger partial charge in [-0.2, -0.15) is 0 Å². The van der Waals surface area contributed by atoms with E-state index >= 15 is 0 Å². The Morgan fingerprint density at radius 2 is 1.80 bits per heavy atom. The van der Waals surface area contributed by atoms with E-state index in [1.54, 1.807) is 39.1 Å². The molecule has 1 N–H and O–H groups in total. The molecule has 1 heterocycles. The van der Waals surface area contributed by atoms with Crippen LogP contribution in [-0.2, 0) is 16.0 Å².